The van der Waals surface area contributed by atoms with E-state index >= 15 is 0 Å². The van der Waals surface area contributed by atoms with Crippen LogP contribution in [0, 0.1) is 6.26 Å². The van der Waals surface area contributed by atoms with Gasteiger partial charge in [-0.25, -0.2) is 0 Å². The van der Waals surface area contributed by atoms with Crippen LogP contribution < -0.4 is 0 Å². The molecule has 0 aromatic carbocycles. The van der Waals surface area contributed by atoms with Crippen molar-refractivity contribution in [2.45, 2.75) is 0 Å². The van der Waals surface area contributed by atoms with Crippen LogP contribution in [0.4, 0.5) is 0 Å². The highest BCUT2D eigenvalue weighted by Crippen LogP contribution is 2.23. The van der Waals surface area contributed by atoms with Gasteiger partial charge < -0.3 is 4.42 Å². The summed E-state index contributed by atoms with van der Waals surface area (Å²) in [5.74, 6) is 0. The van der Waals surface area contributed by atoms with Crippen molar-refractivity contribution in [2.24, 2.45) is 0 Å². The Morgan fingerprint density at radius 2 is 2.40 bits per heavy atom. The van der Waals surface area contributed by atoms with Gasteiger partial charge in [0.05, 0.1) is 6.26 Å². The van der Waals surface area contributed by atoms with Crippen molar-refractivity contribution in [1.29, 1.82) is 0 Å². The summed E-state index contributed by atoms with van der Waals surface area (Å²) in [5.41, 5.74) is 1.04. The zero-order valence-corrected chi connectivity index (χ0v) is 6.02. The summed E-state index contributed by atoms with van der Waals surface area (Å²) >= 11 is 1.69. The quantitative estimate of drug-likeness (QED) is 0.607. The van der Waals surface area contributed by atoms with E-state index in [2.05, 4.69) is 6.26 Å². The third-order valence-electron chi connectivity index (χ3n) is 1.26. The normalized spacial score (nSPS) is 10.0. The van der Waals surface area contributed by atoms with E-state index in [0.717, 1.165) is 5.56 Å². The fourth-order valence-electron chi connectivity index (χ4n) is 0.798. The van der Waals surface area contributed by atoms with E-state index in [1.54, 1.807) is 17.6 Å². The second-order valence-electron chi connectivity index (χ2n) is 1.91. The van der Waals surface area contributed by atoms with Crippen molar-refractivity contribution < 1.29 is 4.42 Å². The van der Waals surface area contributed by atoms with Gasteiger partial charge in [0, 0.05) is 10.4 Å². The molecule has 1 nitrogen and oxygen atoms in total. The Hall–Kier alpha value is -1.02. The van der Waals surface area contributed by atoms with Gasteiger partial charge in [-0.15, -0.1) is 11.3 Å². The van der Waals surface area contributed by atoms with E-state index in [1.807, 2.05) is 23.6 Å². The van der Waals surface area contributed by atoms with Gasteiger partial charge in [-0.05, 0) is 17.5 Å². The van der Waals surface area contributed by atoms with Crippen LogP contribution in [0.15, 0.2) is 34.3 Å². The highest BCUT2D eigenvalue weighted by Gasteiger charge is 1.97. The number of rotatable bonds is 1. The van der Waals surface area contributed by atoms with Crippen molar-refractivity contribution in [3.63, 3.8) is 0 Å². The molecule has 0 fully saturated rings. The number of hydrogen-bond donors (Lipinski definition) is 0. The summed E-state index contributed by atoms with van der Waals surface area (Å²) in [5, 5.41) is 2.04. The zero-order valence-electron chi connectivity index (χ0n) is 5.20. The van der Waals surface area contributed by atoms with Crippen LogP contribution in [-0.4, -0.2) is 0 Å². The first kappa shape index (κ1) is 5.74. The van der Waals surface area contributed by atoms with Gasteiger partial charge >= 0.3 is 0 Å². The van der Waals surface area contributed by atoms with Gasteiger partial charge in [0.15, 0.2) is 6.26 Å². The molecule has 0 unspecified atom stereocenters. The molecule has 2 heterocycles. The third-order valence-corrected chi connectivity index (χ3v) is 2.16. The molecule has 0 bridgehead atoms. The molecule has 0 saturated carbocycles. The molecule has 1 radical (unpaired) electrons. The summed E-state index contributed by atoms with van der Waals surface area (Å²) in [7, 11) is 0. The Bertz CT molecular complexity index is 249. The minimum Gasteiger partial charge on any atom is -0.460 e. The predicted octanol–water partition coefficient (Wildman–Crippen LogP) is 2.81. The molecule has 2 aromatic heterocycles. The van der Waals surface area contributed by atoms with Gasteiger partial charge in [0.25, 0.3) is 0 Å². The molecule has 0 aliphatic rings. The number of furan rings is 1. The van der Waals surface area contributed by atoms with Gasteiger partial charge in [-0.3, -0.25) is 0 Å². The Labute approximate surface area is 62.9 Å². The Kier molecular flexibility index (Phi) is 1.32. The van der Waals surface area contributed by atoms with Crippen LogP contribution in [0.2, 0.25) is 0 Å². The molecular weight excluding hydrogens is 144 g/mol. The van der Waals surface area contributed by atoms with E-state index in [0.29, 0.717) is 0 Å². The SMILES string of the molecule is [c]1occc1-c1cccs1. The molecule has 0 amide bonds. The summed E-state index contributed by atoms with van der Waals surface area (Å²) in [6.45, 7) is 0. The zero-order chi connectivity index (χ0) is 6.81. The van der Waals surface area contributed by atoms with Crippen molar-refractivity contribution in [1.82, 2.24) is 0 Å². The molecule has 0 aliphatic carbocycles. The molecule has 2 aromatic rings. The molecule has 49 valence electrons. The molecule has 0 atom stereocenters. The van der Waals surface area contributed by atoms with E-state index in [9.17, 15) is 0 Å². The van der Waals surface area contributed by atoms with Gasteiger partial charge in [-0.1, -0.05) is 6.07 Å². The fourth-order valence-corrected chi connectivity index (χ4v) is 1.50. The van der Waals surface area contributed by atoms with Crippen LogP contribution in [0.25, 0.3) is 10.4 Å². The lowest BCUT2D eigenvalue weighted by atomic mass is 10.3. The fraction of sp³-hybridized carbons (Fsp3) is 0. The average Bonchev–Trinajstić information content (AvgIpc) is 2.59. The first-order chi connectivity index (χ1) is 4.97. The average molecular weight is 149 g/mol. The second-order valence-corrected chi connectivity index (χ2v) is 2.86. The van der Waals surface area contributed by atoms with E-state index < -0.39 is 0 Å². The van der Waals surface area contributed by atoms with Crippen molar-refractivity contribution in [3.05, 3.63) is 36.1 Å². The van der Waals surface area contributed by atoms with Crippen molar-refractivity contribution in [3.8, 4) is 10.4 Å². The molecule has 0 aliphatic heterocycles. The molecule has 0 saturated heterocycles. The van der Waals surface area contributed by atoms with Gasteiger partial charge in [0.1, 0.15) is 0 Å². The maximum absolute atomic E-state index is 4.82. The third kappa shape index (κ3) is 0.866. The second kappa shape index (κ2) is 2.31. The molecule has 10 heavy (non-hydrogen) atoms. The number of thiophene rings is 1. The maximum Gasteiger partial charge on any atom is 0.178 e. The molecule has 0 N–H and O–H groups in total. The molecule has 2 rings (SSSR count). The molecule has 0 spiro atoms. The summed E-state index contributed by atoms with van der Waals surface area (Å²) in [6.07, 6.45) is 4.41. The minimum atomic E-state index is 1.04. The van der Waals surface area contributed by atoms with Gasteiger partial charge in [-0.2, -0.15) is 0 Å². The van der Waals surface area contributed by atoms with Crippen LogP contribution in [0.1, 0.15) is 0 Å². The molecular formula is C8H5OS. The van der Waals surface area contributed by atoms with Crippen molar-refractivity contribution in [2.75, 3.05) is 0 Å². The monoisotopic (exact) mass is 149 g/mol. The largest absolute Gasteiger partial charge is 0.460 e. The smallest absolute Gasteiger partial charge is 0.178 e. The summed E-state index contributed by atoms with van der Waals surface area (Å²) in [4.78, 5) is 1.20. The van der Waals surface area contributed by atoms with E-state index in [-0.39, 0.29) is 0 Å². The summed E-state index contributed by atoms with van der Waals surface area (Å²) in [6, 6.07) is 5.97. The van der Waals surface area contributed by atoms with Crippen LogP contribution >= 0.6 is 11.3 Å². The first-order valence-corrected chi connectivity index (χ1v) is 3.84. The topological polar surface area (TPSA) is 13.1 Å². The van der Waals surface area contributed by atoms with Crippen LogP contribution in [-0.2, 0) is 0 Å². The maximum atomic E-state index is 4.82. The lowest BCUT2D eigenvalue weighted by molar-refractivity contribution is 0.559. The Balaban J connectivity index is 2.48. The van der Waals surface area contributed by atoms with E-state index in [1.165, 1.54) is 4.88 Å². The highest BCUT2D eigenvalue weighted by atomic mass is 32.1. The summed E-state index contributed by atoms with van der Waals surface area (Å²) < 4.78 is 4.82. The first-order valence-electron chi connectivity index (χ1n) is 2.96. The minimum absolute atomic E-state index is 1.04. The van der Waals surface area contributed by atoms with Gasteiger partial charge in [0.2, 0.25) is 0 Å². The lowest BCUT2D eigenvalue weighted by Gasteiger charge is -1.82. The number of hydrogen-bond acceptors (Lipinski definition) is 2. The lowest BCUT2D eigenvalue weighted by Crippen LogP contribution is -1.59. The van der Waals surface area contributed by atoms with Crippen LogP contribution in [0.3, 0.4) is 0 Å². The molecule has 2 heteroatoms. The Morgan fingerprint density at radius 1 is 1.40 bits per heavy atom. The van der Waals surface area contributed by atoms with Crippen LogP contribution in [0.5, 0.6) is 0 Å². The standard InChI is InChI=1S/C8H5OS/c1-2-8(10-5-1)7-3-4-9-6-7/h1-5H. The van der Waals surface area contributed by atoms with E-state index in [4.69, 9.17) is 4.42 Å². The van der Waals surface area contributed by atoms with Crippen molar-refractivity contribution >= 4 is 11.3 Å². The Morgan fingerprint density at radius 3 is 3.00 bits per heavy atom. The highest BCUT2D eigenvalue weighted by molar-refractivity contribution is 7.13. The predicted molar refractivity (Wildman–Crippen MR) is 40.9 cm³/mol.